The van der Waals surface area contributed by atoms with Gasteiger partial charge in [0.1, 0.15) is 0 Å². The molecule has 5 fully saturated rings. The smallest absolute Gasteiger partial charge is 0.277 e. The molecule has 0 N–H and O–H groups in total. The molecule has 0 aromatic carbocycles. The molecular weight excluding hydrogens is 339 g/mol. The van der Waals surface area contributed by atoms with Crippen molar-refractivity contribution in [3.05, 3.63) is 0 Å². The molecule has 0 bridgehead atoms. The second-order valence-corrected chi connectivity index (χ2v) is 10.9. The lowest BCUT2D eigenvalue weighted by atomic mass is 9.53. The fourth-order valence-corrected chi connectivity index (χ4v) is 9.03. The van der Waals surface area contributed by atoms with Crippen molar-refractivity contribution >= 4 is 19.0 Å². The number of hydrogen-bond acceptors (Lipinski definition) is 2. The molecular formula is C20H32ClO2P. The molecule has 24 heavy (non-hydrogen) atoms. The van der Waals surface area contributed by atoms with Gasteiger partial charge in [0.25, 0.3) is 7.73 Å². The highest BCUT2D eigenvalue weighted by Gasteiger charge is 2.54. The second kappa shape index (κ2) is 6.99. The average molecular weight is 371 g/mol. The second-order valence-electron chi connectivity index (χ2n) is 9.23. The Balaban J connectivity index is 1.50. The lowest BCUT2D eigenvalue weighted by Gasteiger charge is -2.53. The van der Waals surface area contributed by atoms with E-state index in [0.717, 1.165) is 35.5 Å². The summed E-state index contributed by atoms with van der Waals surface area (Å²) in [5.74, 6) is 5.21. The van der Waals surface area contributed by atoms with Crippen molar-refractivity contribution < 1.29 is 9.05 Å². The lowest BCUT2D eigenvalue weighted by Crippen LogP contribution is -2.51. The molecule has 136 valence electrons. The van der Waals surface area contributed by atoms with Crippen LogP contribution in [0.15, 0.2) is 0 Å². The fourth-order valence-electron chi connectivity index (χ4n) is 7.45. The molecule has 8 unspecified atom stereocenters. The largest absolute Gasteiger partial charge is 0.318 e. The van der Waals surface area contributed by atoms with Crippen molar-refractivity contribution in [2.45, 2.75) is 89.3 Å². The van der Waals surface area contributed by atoms with E-state index in [2.05, 4.69) is 0 Å². The van der Waals surface area contributed by atoms with Crippen LogP contribution in [-0.4, -0.2) is 12.2 Å². The Kier molecular flexibility index (Phi) is 4.89. The Labute approximate surface area is 153 Å². The Bertz CT molecular complexity index is 421. The lowest BCUT2D eigenvalue weighted by molar-refractivity contribution is -0.0856. The third-order valence-corrected chi connectivity index (χ3v) is 9.66. The third-order valence-electron chi connectivity index (χ3n) is 8.31. The number of hydrogen-bond donors (Lipinski definition) is 0. The quantitative estimate of drug-likeness (QED) is 0.443. The van der Waals surface area contributed by atoms with Crippen molar-refractivity contribution in [2.24, 2.45) is 35.5 Å². The molecule has 0 spiro atoms. The van der Waals surface area contributed by atoms with Crippen LogP contribution in [0.3, 0.4) is 0 Å². The summed E-state index contributed by atoms with van der Waals surface area (Å²) in [5, 5.41) is 0. The highest BCUT2D eigenvalue weighted by molar-refractivity contribution is 7.76. The summed E-state index contributed by atoms with van der Waals surface area (Å²) < 4.78 is 12.7. The summed E-state index contributed by atoms with van der Waals surface area (Å²) in [4.78, 5) is 0. The van der Waals surface area contributed by atoms with E-state index < -0.39 is 7.73 Å². The van der Waals surface area contributed by atoms with Crippen molar-refractivity contribution in [1.29, 1.82) is 0 Å². The van der Waals surface area contributed by atoms with Crippen LogP contribution >= 0.6 is 19.0 Å². The first-order chi connectivity index (χ1) is 11.8. The van der Waals surface area contributed by atoms with Crippen LogP contribution in [0.2, 0.25) is 0 Å². The molecule has 4 aliphatic carbocycles. The maximum Gasteiger partial charge on any atom is 0.277 e. The van der Waals surface area contributed by atoms with Gasteiger partial charge in [-0.3, -0.25) is 0 Å². The van der Waals surface area contributed by atoms with Crippen LogP contribution in [0, 0.1) is 35.5 Å². The summed E-state index contributed by atoms with van der Waals surface area (Å²) in [6.07, 6.45) is 17.6. The first kappa shape index (κ1) is 16.8. The molecule has 5 aliphatic rings. The van der Waals surface area contributed by atoms with Crippen LogP contribution < -0.4 is 0 Å². The van der Waals surface area contributed by atoms with Crippen LogP contribution in [0.4, 0.5) is 0 Å². The van der Waals surface area contributed by atoms with Gasteiger partial charge in [0.05, 0.1) is 12.2 Å². The third kappa shape index (κ3) is 2.88. The van der Waals surface area contributed by atoms with Gasteiger partial charge in [-0.15, -0.1) is 0 Å². The minimum absolute atomic E-state index is 0.392. The van der Waals surface area contributed by atoms with E-state index in [4.69, 9.17) is 20.3 Å². The van der Waals surface area contributed by atoms with Gasteiger partial charge in [0.2, 0.25) is 0 Å². The highest BCUT2D eigenvalue weighted by atomic mass is 35.7. The predicted octanol–water partition coefficient (Wildman–Crippen LogP) is 6.67. The maximum atomic E-state index is 6.53. The van der Waals surface area contributed by atoms with E-state index in [1.807, 2.05) is 0 Å². The molecule has 1 aliphatic heterocycles. The van der Waals surface area contributed by atoms with Gasteiger partial charge in [0, 0.05) is 0 Å². The molecule has 0 radical (unpaired) electrons. The van der Waals surface area contributed by atoms with Gasteiger partial charge in [-0.1, -0.05) is 38.5 Å². The van der Waals surface area contributed by atoms with Crippen molar-refractivity contribution in [3.8, 4) is 0 Å². The molecule has 2 nitrogen and oxygen atoms in total. The van der Waals surface area contributed by atoms with Crippen molar-refractivity contribution in [2.75, 3.05) is 0 Å². The van der Waals surface area contributed by atoms with Gasteiger partial charge in [0.15, 0.2) is 0 Å². The minimum Gasteiger partial charge on any atom is -0.318 e. The summed E-state index contributed by atoms with van der Waals surface area (Å²) in [5.41, 5.74) is 0. The van der Waals surface area contributed by atoms with E-state index in [0.29, 0.717) is 12.2 Å². The molecule has 1 heterocycles. The zero-order valence-corrected chi connectivity index (χ0v) is 16.4. The average Bonchev–Trinajstić information content (AvgIpc) is 2.77. The first-order valence-electron chi connectivity index (χ1n) is 10.6. The molecule has 4 saturated carbocycles. The summed E-state index contributed by atoms with van der Waals surface area (Å²) in [6, 6.07) is 0. The van der Waals surface area contributed by atoms with Crippen LogP contribution in [0.25, 0.3) is 0 Å². The van der Waals surface area contributed by atoms with Crippen LogP contribution in [0.5, 0.6) is 0 Å². The van der Waals surface area contributed by atoms with Gasteiger partial charge < -0.3 is 9.05 Å². The van der Waals surface area contributed by atoms with Crippen molar-refractivity contribution in [1.82, 2.24) is 0 Å². The van der Waals surface area contributed by atoms with E-state index in [9.17, 15) is 0 Å². The Morgan fingerprint density at radius 2 is 1.04 bits per heavy atom. The number of fused-ring (bicyclic) bond motifs is 7. The van der Waals surface area contributed by atoms with Gasteiger partial charge in [-0.2, -0.15) is 0 Å². The van der Waals surface area contributed by atoms with E-state index >= 15 is 0 Å². The summed E-state index contributed by atoms with van der Waals surface area (Å²) in [7, 11) is -1.18. The van der Waals surface area contributed by atoms with E-state index in [1.165, 1.54) is 77.0 Å². The van der Waals surface area contributed by atoms with E-state index in [-0.39, 0.29) is 0 Å². The van der Waals surface area contributed by atoms with Gasteiger partial charge in [-0.25, -0.2) is 0 Å². The number of rotatable bonds is 0. The normalized spacial score (nSPS) is 54.6. The predicted molar refractivity (Wildman–Crippen MR) is 98.9 cm³/mol. The molecule has 0 amide bonds. The standard InChI is InChI=1S/C20H32ClO2P/c21-24-22-17-11-9-13-5-1-3-7-15(13)19(17)20-16-8-4-2-6-14(16)10-12-18(20)23-24/h13-20H,1-12H2. The highest BCUT2D eigenvalue weighted by Crippen LogP contribution is 2.62. The zero-order valence-electron chi connectivity index (χ0n) is 14.7. The maximum absolute atomic E-state index is 6.53. The van der Waals surface area contributed by atoms with Gasteiger partial charge >= 0.3 is 0 Å². The Morgan fingerprint density at radius 3 is 1.54 bits per heavy atom. The van der Waals surface area contributed by atoms with Gasteiger partial charge in [-0.05, 0) is 85.3 Å². The molecule has 0 aromatic heterocycles. The molecule has 0 aromatic rings. The van der Waals surface area contributed by atoms with Crippen LogP contribution in [0.1, 0.15) is 77.0 Å². The monoisotopic (exact) mass is 370 g/mol. The molecule has 4 heteroatoms. The minimum atomic E-state index is -1.18. The zero-order chi connectivity index (χ0) is 16.1. The number of halogens is 1. The Morgan fingerprint density at radius 1 is 0.583 bits per heavy atom. The Hall–Kier alpha value is 0.640. The summed E-state index contributed by atoms with van der Waals surface area (Å²) in [6.45, 7) is 0. The molecule has 5 rings (SSSR count). The topological polar surface area (TPSA) is 18.5 Å². The SMILES string of the molecule is ClP1OC2CCC3CCCCC3C2C2C(CCC3CCCCC32)O1. The molecule has 8 atom stereocenters. The first-order valence-corrected chi connectivity index (χ1v) is 12.7. The van der Waals surface area contributed by atoms with Crippen LogP contribution in [-0.2, 0) is 9.05 Å². The fraction of sp³-hybridized carbons (Fsp3) is 1.00. The molecule has 1 saturated heterocycles. The van der Waals surface area contributed by atoms with Crippen molar-refractivity contribution in [3.63, 3.8) is 0 Å². The van der Waals surface area contributed by atoms with E-state index in [1.54, 1.807) is 0 Å². The summed E-state index contributed by atoms with van der Waals surface area (Å²) >= 11 is 6.53.